The topological polar surface area (TPSA) is 91.0 Å². The van der Waals surface area contributed by atoms with Gasteiger partial charge in [-0.25, -0.2) is 9.78 Å². The van der Waals surface area contributed by atoms with Gasteiger partial charge in [0.15, 0.2) is 11.5 Å². The number of urea groups is 1. The van der Waals surface area contributed by atoms with E-state index < -0.39 is 0 Å². The fourth-order valence-corrected chi connectivity index (χ4v) is 2.36. The Morgan fingerprint density at radius 2 is 2.12 bits per heavy atom. The number of carbonyl (C=O) groups is 1. The van der Waals surface area contributed by atoms with Gasteiger partial charge in [0.25, 0.3) is 0 Å². The third-order valence-corrected chi connectivity index (χ3v) is 3.54. The molecule has 2 N–H and O–H groups in total. The van der Waals surface area contributed by atoms with Crippen molar-refractivity contribution in [2.45, 2.75) is 13.3 Å². The molecule has 0 aliphatic carbocycles. The Hall–Kier alpha value is -3.33. The first-order valence-electron chi connectivity index (χ1n) is 7.56. The number of nitrogens with one attached hydrogen (secondary N) is 2. The number of oxazole rings is 1. The smallest absolute Gasteiger partial charge is 0.319 e. The van der Waals surface area contributed by atoms with Gasteiger partial charge in [0, 0.05) is 18.7 Å². The minimum atomic E-state index is -0.336. The minimum absolute atomic E-state index is 0.336. The molecule has 3 aromatic rings. The molecule has 0 spiro atoms. The highest BCUT2D eigenvalue weighted by molar-refractivity contribution is 5.89. The van der Waals surface area contributed by atoms with Crippen LogP contribution in [-0.4, -0.2) is 17.6 Å². The van der Waals surface area contributed by atoms with Crippen molar-refractivity contribution in [3.63, 3.8) is 0 Å². The molecule has 0 fully saturated rings. The van der Waals surface area contributed by atoms with Crippen molar-refractivity contribution in [3.05, 3.63) is 59.5 Å². The molecule has 0 radical (unpaired) electrons. The number of hydrogen-bond donors (Lipinski definition) is 2. The van der Waals surface area contributed by atoms with E-state index in [1.165, 1.54) is 0 Å². The molecule has 0 aliphatic rings. The van der Waals surface area contributed by atoms with E-state index in [2.05, 4.69) is 15.6 Å². The summed E-state index contributed by atoms with van der Waals surface area (Å²) in [6.45, 7) is 2.38. The second-order valence-corrected chi connectivity index (χ2v) is 5.35. The highest BCUT2D eigenvalue weighted by Gasteiger charge is 2.08. The van der Waals surface area contributed by atoms with Gasteiger partial charge in [0.05, 0.1) is 11.6 Å². The predicted molar refractivity (Wildman–Crippen MR) is 90.6 cm³/mol. The highest BCUT2D eigenvalue weighted by atomic mass is 16.3. The number of anilines is 1. The summed E-state index contributed by atoms with van der Waals surface area (Å²) >= 11 is 0. The molecule has 0 bridgehead atoms. The molecular weight excluding hydrogens is 304 g/mol. The van der Waals surface area contributed by atoms with Gasteiger partial charge in [-0.1, -0.05) is 18.2 Å². The van der Waals surface area contributed by atoms with Crippen molar-refractivity contribution in [3.8, 4) is 6.07 Å². The average molecular weight is 320 g/mol. The molecule has 0 saturated heterocycles. The van der Waals surface area contributed by atoms with Crippen LogP contribution in [-0.2, 0) is 6.42 Å². The van der Waals surface area contributed by atoms with E-state index in [9.17, 15) is 4.79 Å². The van der Waals surface area contributed by atoms with Crippen LogP contribution in [0.5, 0.6) is 0 Å². The summed E-state index contributed by atoms with van der Waals surface area (Å²) in [7, 11) is 0. The first-order valence-corrected chi connectivity index (χ1v) is 7.56. The van der Waals surface area contributed by atoms with Gasteiger partial charge in [-0.15, -0.1) is 0 Å². The van der Waals surface area contributed by atoms with Crippen molar-refractivity contribution in [2.24, 2.45) is 0 Å². The number of benzene rings is 2. The molecule has 2 amide bonds. The zero-order valence-electron chi connectivity index (χ0n) is 13.2. The standard InChI is InChI=1S/C18H16N4O2/c1-12-4-2-7-15-17(12)22-16(24-15)8-9-20-18(23)21-14-6-3-5-13(10-14)11-19/h2-7,10H,8-9H2,1H3,(H2,20,21,23). The minimum Gasteiger partial charge on any atom is -0.441 e. The van der Waals surface area contributed by atoms with E-state index in [4.69, 9.17) is 9.68 Å². The molecule has 3 rings (SSSR count). The zero-order chi connectivity index (χ0) is 16.9. The van der Waals surface area contributed by atoms with E-state index in [1.54, 1.807) is 24.3 Å². The van der Waals surface area contributed by atoms with Crippen LogP contribution in [0, 0.1) is 18.3 Å². The van der Waals surface area contributed by atoms with Crippen LogP contribution in [0.25, 0.3) is 11.1 Å². The van der Waals surface area contributed by atoms with Gasteiger partial charge in [-0.2, -0.15) is 5.26 Å². The number of fused-ring (bicyclic) bond motifs is 1. The maximum atomic E-state index is 11.9. The SMILES string of the molecule is Cc1cccc2oc(CCNC(=O)Nc3cccc(C#N)c3)nc12. The summed E-state index contributed by atoms with van der Waals surface area (Å²) in [6.07, 6.45) is 0.500. The summed E-state index contributed by atoms with van der Waals surface area (Å²) in [4.78, 5) is 16.3. The molecule has 24 heavy (non-hydrogen) atoms. The average Bonchev–Trinajstić information content (AvgIpc) is 2.99. The van der Waals surface area contributed by atoms with Crippen LogP contribution in [0.1, 0.15) is 17.0 Å². The molecule has 0 saturated carbocycles. The van der Waals surface area contributed by atoms with E-state index in [0.29, 0.717) is 30.1 Å². The fraction of sp³-hybridized carbons (Fsp3) is 0.167. The number of nitrogens with zero attached hydrogens (tertiary/aromatic N) is 2. The van der Waals surface area contributed by atoms with Gasteiger partial charge in [0.1, 0.15) is 5.52 Å². The van der Waals surface area contributed by atoms with Gasteiger partial charge < -0.3 is 15.1 Å². The second kappa shape index (κ2) is 6.84. The molecule has 0 aliphatic heterocycles. The number of aryl methyl sites for hydroxylation is 1. The van der Waals surface area contributed by atoms with E-state index in [1.807, 2.05) is 31.2 Å². The van der Waals surface area contributed by atoms with Gasteiger partial charge >= 0.3 is 6.03 Å². The fourth-order valence-electron chi connectivity index (χ4n) is 2.36. The molecule has 0 atom stereocenters. The van der Waals surface area contributed by atoms with Crippen molar-refractivity contribution >= 4 is 22.8 Å². The lowest BCUT2D eigenvalue weighted by Gasteiger charge is -2.06. The van der Waals surface area contributed by atoms with Crippen molar-refractivity contribution < 1.29 is 9.21 Å². The Kier molecular flexibility index (Phi) is 4.43. The van der Waals surface area contributed by atoms with Crippen LogP contribution in [0.2, 0.25) is 0 Å². The van der Waals surface area contributed by atoms with Crippen molar-refractivity contribution in [1.29, 1.82) is 5.26 Å². The summed E-state index contributed by atoms with van der Waals surface area (Å²) < 4.78 is 5.66. The molecule has 1 heterocycles. The van der Waals surface area contributed by atoms with Crippen molar-refractivity contribution in [2.75, 3.05) is 11.9 Å². The number of aromatic nitrogens is 1. The highest BCUT2D eigenvalue weighted by Crippen LogP contribution is 2.18. The first kappa shape index (κ1) is 15.6. The maximum absolute atomic E-state index is 11.9. The lowest BCUT2D eigenvalue weighted by Crippen LogP contribution is -2.30. The van der Waals surface area contributed by atoms with E-state index in [0.717, 1.165) is 16.7 Å². The predicted octanol–water partition coefficient (Wildman–Crippen LogP) is 3.37. The summed E-state index contributed by atoms with van der Waals surface area (Å²) in [6, 6.07) is 14.2. The molecule has 120 valence electrons. The third kappa shape index (κ3) is 3.52. The van der Waals surface area contributed by atoms with E-state index in [-0.39, 0.29) is 6.03 Å². The number of nitriles is 1. The normalized spacial score (nSPS) is 10.3. The summed E-state index contributed by atoms with van der Waals surface area (Å²) in [5, 5.41) is 14.3. The number of carbonyl (C=O) groups excluding carboxylic acids is 1. The van der Waals surface area contributed by atoms with Gasteiger partial charge in [0.2, 0.25) is 0 Å². The lowest BCUT2D eigenvalue weighted by atomic mass is 10.2. The van der Waals surface area contributed by atoms with Crippen LogP contribution in [0.3, 0.4) is 0 Å². The Labute approximate surface area is 139 Å². The maximum Gasteiger partial charge on any atom is 0.319 e. The summed E-state index contributed by atoms with van der Waals surface area (Å²) in [5.74, 6) is 0.589. The first-order chi connectivity index (χ1) is 11.7. The lowest BCUT2D eigenvalue weighted by molar-refractivity contribution is 0.252. The third-order valence-electron chi connectivity index (χ3n) is 3.54. The zero-order valence-corrected chi connectivity index (χ0v) is 13.2. The number of para-hydroxylation sites is 1. The summed E-state index contributed by atoms with van der Waals surface area (Å²) in [5.41, 5.74) is 3.73. The van der Waals surface area contributed by atoms with Crippen LogP contribution in [0.4, 0.5) is 10.5 Å². The van der Waals surface area contributed by atoms with Crippen LogP contribution < -0.4 is 10.6 Å². The van der Waals surface area contributed by atoms with Gasteiger partial charge in [-0.05, 0) is 36.8 Å². The molecule has 2 aromatic carbocycles. The Morgan fingerprint density at radius 3 is 2.92 bits per heavy atom. The van der Waals surface area contributed by atoms with Crippen molar-refractivity contribution in [1.82, 2.24) is 10.3 Å². The van der Waals surface area contributed by atoms with Crippen LogP contribution in [0.15, 0.2) is 46.9 Å². The Bertz CT molecular complexity index is 924. The number of amides is 2. The monoisotopic (exact) mass is 320 g/mol. The largest absolute Gasteiger partial charge is 0.441 e. The van der Waals surface area contributed by atoms with Gasteiger partial charge in [-0.3, -0.25) is 0 Å². The molecule has 0 unspecified atom stereocenters. The second-order valence-electron chi connectivity index (χ2n) is 5.35. The quantitative estimate of drug-likeness (QED) is 0.771. The Balaban J connectivity index is 1.54. The molecular formula is C18H16N4O2. The Morgan fingerprint density at radius 1 is 1.29 bits per heavy atom. The van der Waals surface area contributed by atoms with E-state index >= 15 is 0 Å². The molecule has 6 heteroatoms. The van der Waals surface area contributed by atoms with Crippen LogP contribution >= 0.6 is 0 Å². The molecule has 6 nitrogen and oxygen atoms in total. The number of hydrogen-bond acceptors (Lipinski definition) is 4. The molecule has 1 aromatic heterocycles. The number of rotatable bonds is 4.